The van der Waals surface area contributed by atoms with Crippen LogP contribution in [0.25, 0.3) is 0 Å². The van der Waals surface area contributed by atoms with Crippen molar-refractivity contribution in [2.24, 2.45) is 0 Å². The first kappa shape index (κ1) is 12.7. The van der Waals surface area contributed by atoms with Crippen molar-refractivity contribution >= 4 is 11.7 Å². The number of rotatable bonds is 3. The molecule has 0 spiro atoms. The summed E-state index contributed by atoms with van der Waals surface area (Å²) in [7, 11) is 0. The summed E-state index contributed by atoms with van der Waals surface area (Å²) in [6.45, 7) is 4.83. The molecular weight excluding hydrogens is 234 g/mol. The number of hydrogen-bond acceptors (Lipinski definition) is 5. The number of aromatic hydroxyl groups is 1. The molecule has 1 fully saturated rings. The molecule has 98 valence electrons. The SMILES string of the molecule is CCOC(=O)c1cc(O)ccc1N1CCOCC1. The van der Waals surface area contributed by atoms with Crippen LogP contribution in [-0.4, -0.2) is 44.0 Å². The van der Waals surface area contributed by atoms with Crippen LogP contribution in [0.15, 0.2) is 18.2 Å². The molecule has 1 heterocycles. The minimum atomic E-state index is -0.408. The number of morpholine rings is 1. The van der Waals surface area contributed by atoms with E-state index in [2.05, 4.69) is 4.90 Å². The zero-order valence-corrected chi connectivity index (χ0v) is 10.4. The molecule has 0 amide bonds. The number of ether oxygens (including phenoxy) is 2. The maximum atomic E-state index is 11.9. The zero-order valence-electron chi connectivity index (χ0n) is 10.4. The van der Waals surface area contributed by atoms with Gasteiger partial charge in [-0.15, -0.1) is 0 Å². The Morgan fingerprint density at radius 1 is 1.44 bits per heavy atom. The summed E-state index contributed by atoms with van der Waals surface area (Å²) in [6.07, 6.45) is 0. The van der Waals surface area contributed by atoms with Gasteiger partial charge in [0.15, 0.2) is 0 Å². The number of esters is 1. The van der Waals surface area contributed by atoms with E-state index in [1.54, 1.807) is 19.1 Å². The lowest BCUT2D eigenvalue weighted by molar-refractivity contribution is 0.0525. The number of carbonyl (C=O) groups excluding carboxylic acids is 1. The topological polar surface area (TPSA) is 59.0 Å². The Hall–Kier alpha value is -1.75. The van der Waals surface area contributed by atoms with E-state index >= 15 is 0 Å². The third kappa shape index (κ3) is 2.73. The number of benzene rings is 1. The molecule has 1 aliphatic heterocycles. The fourth-order valence-electron chi connectivity index (χ4n) is 1.98. The van der Waals surface area contributed by atoms with Crippen LogP contribution in [0.2, 0.25) is 0 Å². The van der Waals surface area contributed by atoms with Gasteiger partial charge in [0.05, 0.1) is 31.1 Å². The Labute approximate surface area is 106 Å². The molecule has 2 rings (SSSR count). The molecule has 0 bridgehead atoms. The molecule has 1 saturated heterocycles. The summed E-state index contributed by atoms with van der Waals surface area (Å²) < 4.78 is 10.3. The Bertz CT molecular complexity index is 427. The third-order valence-corrected chi connectivity index (χ3v) is 2.83. The van der Waals surface area contributed by atoms with Crippen molar-refractivity contribution < 1.29 is 19.4 Å². The van der Waals surface area contributed by atoms with E-state index in [9.17, 15) is 9.90 Å². The summed E-state index contributed by atoms with van der Waals surface area (Å²) in [6, 6.07) is 4.77. The van der Waals surface area contributed by atoms with Crippen LogP contribution in [-0.2, 0) is 9.47 Å². The van der Waals surface area contributed by atoms with Gasteiger partial charge in [-0.2, -0.15) is 0 Å². The van der Waals surface area contributed by atoms with Gasteiger partial charge in [0.1, 0.15) is 5.75 Å². The molecule has 0 saturated carbocycles. The smallest absolute Gasteiger partial charge is 0.340 e. The number of carbonyl (C=O) groups is 1. The van der Waals surface area contributed by atoms with Crippen molar-refractivity contribution in [1.82, 2.24) is 0 Å². The normalized spacial score (nSPS) is 15.5. The highest BCUT2D eigenvalue weighted by Crippen LogP contribution is 2.26. The molecule has 0 atom stereocenters. The van der Waals surface area contributed by atoms with Gasteiger partial charge in [0, 0.05) is 13.1 Å². The number of nitrogens with zero attached hydrogens (tertiary/aromatic N) is 1. The number of phenolic OH excluding ortho intramolecular Hbond substituents is 1. The van der Waals surface area contributed by atoms with Crippen LogP contribution in [0.3, 0.4) is 0 Å². The maximum Gasteiger partial charge on any atom is 0.340 e. The van der Waals surface area contributed by atoms with E-state index < -0.39 is 5.97 Å². The second-order valence-electron chi connectivity index (χ2n) is 4.02. The molecule has 1 aromatic rings. The number of anilines is 1. The predicted octanol–water partition coefficient (Wildman–Crippen LogP) is 1.41. The second-order valence-corrected chi connectivity index (χ2v) is 4.02. The summed E-state index contributed by atoms with van der Waals surface area (Å²) >= 11 is 0. The maximum absolute atomic E-state index is 11.9. The largest absolute Gasteiger partial charge is 0.508 e. The van der Waals surface area contributed by atoms with Gasteiger partial charge in [-0.25, -0.2) is 4.79 Å². The first-order valence-electron chi connectivity index (χ1n) is 6.05. The monoisotopic (exact) mass is 251 g/mol. The van der Waals surface area contributed by atoms with E-state index in [-0.39, 0.29) is 5.75 Å². The average Bonchev–Trinajstić information content (AvgIpc) is 2.40. The van der Waals surface area contributed by atoms with E-state index in [0.717, 1.165) is 18.8 Å². The molecule has 5 nitrogen and oxygen atoms in total. The van der Waals surface area contributed by atoms with Crippen molar-refractivity contribution in [3.05, 3.63) is 23.8 Å². The van der Waals surface area contributed by atoms with Crippen LogP contribution in [0.4, 0.5) is 5.69 Å². The Balaban J connectivity index is 2.30. The van der Waals surface area contributed by atoms with Gasteiger partial charge in [-0.3, -0.25) is 0 Å². The first-order chi connectivity index (χ1) is 8.72. The summed E-state index contributed by atoms with van der Waals surface area (Å²) in [4.78, 5) is 13.9. The summed E-state index contributed by atoms with van der Waals surface area (Å²) in [5.74, 6) is -0.343. The van der Waals surface area contributed by atoms with Crippen molar-refractivity contribution in [1.29, 1.82) is 0 Å². The first-order valence-corrected chi connectivity index (χ1v) is 6.05. The van der Waals surface area contributed by atoms with E-state index in [4.69, 9.17) is 9.47 Å². The van der Waals surface area contributed by atoms with E-state index in [1.165, 1.54) is 6.07 Å². The molecule has 18 heavy (non-hydrogen) atoms. The molecule has 0 aromatic heterocycles. The fourth-order valence-corrected chi connectivity index (χ4v) is 1.98. The van der Waals surface area contributed by atoms with Crippen LogP contribution in [0, 0.1) is 0 Å². The Morgan fingerprint density at radius 2 is 2.17 bits per heavy atom. The highest BCUT2D eigenvalue weighted by atomic mass is 16.5. The Kier molecular flexibility index (Phi) is 4.04. The Morgan fingerprint density at radius 3 is 2.83 bits per heavy atom. The van der Waals surface area contributed by atoms with E-state index in [1.807, 2.05) is 0 Å². The molecule has 1 aliphatic rings. The van der Waals surface area contributed by atoms with Crippen LogP contribution in [0.5, 0.6) is 5.75 Å². The molecule has 0 unspecified atom stereocenters. The van der Waals surface area contributed by atoms with Gasteiger partial charge < -0.3 is 19.5 Å². The molecule has 0 aliphatic carbocycles. The van der Waals surface area contributed by atoms with Crippen LogP contribution >= 0.6 is 0 Å². The van der Waals surface area contributed by atoms with Gasteiger partial charge in [-0.1, -0.05) is 0 Å². The minimum Gasteiger partial charge on any atom is -0.508 e. The van der Waals surface area contributed by atoms with Crippen molar-refractivity contribution in [2.45, 2.75) is 6.92 Å². The lowest BCUT2D eigenvalue weighted by atomic mass is 10.1. The number of phenols is 1. The summed E-state index contributed by atoms with van der Waals surface area (Å²) in [5, 5.41) is 9.50. The summed E-state index contributed by atoms with van der Waals surface area (Å²) in [5.41, 5.74) is 1.19. The molecule has 0 radical (unpaired) electrons. The molecular formula is C13H17NO4. The van der Waals surface area contributed by atoms with E-state index in [0.29, 0.717) is 25.4 Å². The third-order valence-electron chi connectivity index (χ3n) is 2.83. The highest BCUT2D eigenvalue weighted by Gasteiger charge is 2.20. The molecule has 1 N–H and O–H groups in total. The number of hydrogen-bond donors (Lipinski definition) is 1. The predicted molar refractivity (Wildman–Crippen MR) is 67.1 cm³/mol. The van der Waals surface area contributed by atoms with Crippen molar-refractivity contribution in [2.75, 3.05) is 37.8 Å². The van der Waals surface area contributed by atoms with Crippen molar-refractivity contribution in [3.8, 4) is 5.75 Å². The second kappa shape index (κ2) is 5.73. The fraction of sp³-hybridized carbons (Fsp3) is 0.462. The van der Waals surface area contributed by atoms with Gasteiger partial charge in [-0.05, 0) is 25.1 Å². The lowest BCUT2D eigenvalue weighted by Gasteiger charge is -2.30. The van der Waals surface area contributed by atoms with Gasteiger partial charge in [0.2, 0.25) is 0 Å². The lowest BCUT2D eigenvalue weighted by Crippen LogP contribution is -2.37. The van der Waals surface area contributed by atoms with Gasteiger partial charge in [0.25, 0.3) is 0 Å². The van der Waals surface area contributed by atoms with Crippen molar-refractivity contribution in [3.63, 3.8) is 0 Å². The quantitative estimate of drug-likeness (QED) is 0.823. The van der Waals surface area contributed by atoms with Crippen LogP contribution in [0.1, 0.15) is 17.3 Å². The highest BCUT2D eigenvalue weighted by molar-refractivity contribution is 5.96. The average molecular weight is 251 g/mol. The molecule has 1 aromatic carbocycles. The molecule has 5 heteroatoms. The van der Waals surface area contributed by atoms with Gasteiger partial charge >= 0.3 is 5.97 Å². The standard InChI is InChI=1S/C13H17NO4/c1-2-18-13(16)11-9-10(15)3-4-12(11)14-5-7-17-8-6-14/h3-4,9,15H,2,5-8H2,1H3. The van der Waals surface area contributed by atoms with Crippen LogP contribution < -0.4 is 4.90 Å². The zero-order chi connectivity index (χ0) is 13.0. The minimum absolute atomic E-state index is 0.0649.